The smallest absolute Gasteiger partial charge is 0.407 e. The molecule has 0 unspecified atom stereocenters. The minimum absolute atomic E-state index is 0.0109. The summed E-state index contributed by atoms with van der Waals surface area (Å²) in [5.74, 6) is -2.12. The first-order chi connectivity index (χ1) is 11.6. The third kappa shape index (κ3) is 4.92. The molecule has 6 heteroatoms. The maximum atomic E-state index is 13.2. The van der Waals surface area contributed by atoms with Gasteiger partial charge in [-0.2, -0.15) is 5.26 Å². The summed E-state index contributed by atoms with van der Waals surface area (Å²) in [5.41, 5.74) is 1.11. The number of ether oxygens (including phenoxy) is 1. The summed E-state index contributed by atoms with van der Waals surface area (Å²) in [6.45, 7) is 0.273. The molecule has 2 rings (SSSR count). The van der Waals surface area contributed by atoms with Crippen molar-refractivity contribution in [3.8, 4) is 6.07 Å². The van der Waals surface area contributed by atoms with Crippen molar-refractivity contribution in [2.45, 2.75) is 6.61 Å². The van der Waals surface area contributed by atoms with E-state index in [0.29, 0.717) is 0 Å². The summed E-state index contributed by atoms with van der Waals surface area (Å²) in [5, 5.41) is 11.4. The van der Waals surface area contributed by atoms with Gasteiger partial charge in [0.05, 0.1) is 11.6 Å². The van der Waals surface area contributed by atoms with Crippen LogP contribution >= 0.6 is 0 Å². The molecule has 2 aromatic rings. The molecule has 0 saturated carbocycles. The van der Waals surface area contributed by atoms with Crippen molar-refractivity contribution in [3.63, 3.8) is 0 Å². The van der Waals surface area contributed by atoms with E-state index in [-0.39, 0.29) is 24.3 Å². The zero-order valence-corrected chi connectivity index (χ0v) is 12.6. The van der Waals surface area contributed by atoms with Crippen molar-refractivity contribution in [2.75, 3.05) is 6.54 Å². The second-order valence-electron chi connectivity index (χ2n) is 4.81. The van der Waals surface area contributed by atoms with Gasteiger partial charge in [-0.25, -0.2) is 13.6 Å². The fourth-order valence-electron chi connectivity index (χ4n) is 1.90. The predicted octanol–water partition coefficient (Wildman–Crippen LogP) is 3.78. The van der Waals surface area contributed by atoms with E-state index in [4.69, 9.17) is 10.00 Å². The molecule has 0 saturated heterocycles. The van der Waals surface area contributed by atoms with E-state index in [9.17, 15) is 13.6 Å². The first kappa shape index (κ1) is 17.2. The molecule has 0 fully saturated rings. The summed E-state index contributed by atoms with van der Waals surface area (Å²) >= 11 is 0. The van der Waals surface area contributed by atoms with Crippen molar-refractivity contribution in [3.05, 3.63) is 76.9 Å². The Morgan fingerprint density at radius 1 is 1.21 bits per heavy atom. The summed E-state index contributed by atoms with van der Waals surface area (Å²) in [6, 6.07) is 12.8. The lowest BCUT2D eigenvalue weighted by Crippen LogP contribution is -2.24. The van der Waals surface area contributed by atoms with Crippen LogP contribution < -0.4 is 5.32 Å². The number of nitrogens with one attached hydrogen (secondary N) is 1. The van der Waals surface area contributed by atoms with E-state index in [2.05, 4.69) is 5.32 Å². The van der Waals surface area contributed by atoms with Crippen molar-refractivity contribution in [2.24, 2.45) is 0 Å². The molecular weight excluding hydrogens is 314 g/mol. The van der Waals surface area contributed by atoms with E-state index < -0.39 is 17.7 Å². The lowest BCUT2D eigenvalue weighted by Gasteiger charge is -2.05. The Bertz CT molecular complexity index is 784. The van der Waals surface area contributed by atoms with E-state index >= 15 is 0 Å². The fraction of sp³-hybridized carbons (Fsp3) is 0.111. The average Bonchev–Trinajstić information content (AvgIpc) is 2.60. The molecule has 0 spiro atoms. The molecule has 1 amide bonds. The highest BCUT2D eigenvalue weighted by Crippen LogP contribution is 2.15. The monoisotopic (exact) mass is 328 g/mol. The Labute approximate surface area is 138 Å². The SMILES string of the molecule is N#Cc1cc(F)c(F)cc1C=CCNC(=O)OCc1ccccc1. The molecule has 24 heavy (non-hydrogen) atoms. The maximum absolute atomic E-state index is 13.2. The van der Waals surface area contributed by atoms with Crippen molar-refractivity contribution in [1.29, 1.82) is 5.26 Å². The standard InChI is InChI=1S/C18H14F2N2O2/c19-16-9-14(15(11-21)10-17(16)20)7-4-8-22-18(23)24-12-13-5-2-1-3-6-13/h1-7,9-10H,8,12H2,(H,22,23). The second kappa shape index (κ2) is 8.44. The largest absolute Gasteiger partial charge is 0.445 e. The van der Waals surface area contributed by atoms with Crippen LogP contribution in [0, 0.1) is 23.0 Å². The number of benzene rings is 2. The number of amides is 1. The summed E-state index contributed by atoms with van der Waals surface area (Å²) in [6.07, 6.45) is 2.34. The van der Waals surface area contributed by atoms with Gasteiger partial charge < -0.3 is 10.1 Å². The zero-order valence-electron chi connectivity index (χ0n) is 12.6. The minimum atomic E-state index is -1.08. The van der Waals surface area contributed by atoms with Gasteiger partial charge in [-0.3, -0.25) is 0 Å². The van der Waals surface area contributed by atoms with Crippen molar-refractivity contribution in [1.82, 2.24) is 5.32 Å². The Kier molecular flexibility index (Phi) is 6.03. The molecule has 0 aliphatic carbocycles. The Morgan fingerprint density at radius 3 is 2.62 bits per heavy atom. The number of hydrogen-bond acceptors (Lipinski definition) is 3. The van der Waals surface area contributed by atoms with Crippen molar-refractivity contribution >= 4 is 12.2 Å². The van der Waals surface area contributed by atoms with Crippen LogP contribution in [0.4, 0.5) is 13.6 Å². The molecule has 0 aliphatic rings. The van der Waals surface area contributed by atoms with E-state index in [1.54, 1.807) is 6.07 Å². The molecule has 122 valence electrons. The molecule has 0 radical (unpaired) electrons. The molecule has 0 bridgehead atoms. The average molecular weight is 328 g/mol. The van der Waals surface area contributed by atoms with Crippen LogP contribution in [0.1, 0.15) is 16.7 Å². The number of halogens is 2. The van der Waals surface area contributed by atoms with Gasteiger partial charge in [0.15, 0.2) is 11.6 Å². The van der Waals surface area contributed by atoms with Gasteiger partial charge in [-0.1, -0.05) is 42.5 Å². The Balaban J connectivity index is 1.83. The normalized spacial score (nSPS) is 10.4. The lowest BCUT2D eigenvalue weighted by atomic mass is 10.1. The van der Waals surface area contributed by atoms with Crippen LogP contribution in [-0.4, -0.2) is 12.6 Å². The van der Waals surface area contributed by atoms with Crippen LogP contribution in [0.5, 0.6) is 0 Å². The molecule has 2 aromatic carbocycles. The number of carbonyl (C=O) groups excluding carboxylic acids is 1. The van der Waals surface area contributed by atoms with Gasteiger partial charge in [0.2, 0.25) is 0 Å². The molecular formula is C18H14F2N2O2. The zero-order chi connectivity index (χ0) is 17.4. The summed E-state index contributed by atoms with van der Waals surface area (Å²) < 4.78 is 31.2. The summed E-state index contributed by atoms with van der Waals surface area (Å²) in [4.78, 5) is 11.5. The second-order valence-corrected chi connectivity index (χ2v) is 4.81. The third-order valence-corrected chi connectivity index (χ3v) is 3.09. The molecule has 0 aliphatic heterocycles. The minimum Gasteiger partial charge on any atom is -0.445 e. The highest BCUT2D eigenvalue weighted by Gasteiger charge is 2.07. The maximum Gasteiger partial charge on any atom is 0.407 e. The number of rotatable bonds is 5. The number of alkyl carbamates (subject to hydrolysis) is 1. The highest BCUT2D eigenvalue weighted by atomic mass is 19.2. The first-order valence-electron chi connectivity index (χ1n) is 7.10. The van der Waals surface area contributed by atoms with E-state index in [1.807, 2.05) is 30.3 Å². The molecule has 4 nitrogen and oxygen atoms in total. The topological polar surface area (TPSA) is 62.1 Å². The fourth-order valence-corrected chi connectivity index (χ4v) is 1.90. The molecule has 0 heterocycles. The highest BCUT2D eigenvalue weighted by molar-refractivity contribution is 5.67. The number of nitriles is 1. The van der Waals surface area contributed by atoms with Crippen LogP contribution in [0.15, 0.2) is 48.5 Å². The van der Waals surface area contributed by atoms with Gasteiger partial charge in [0.25, 0.3) is 0 Å². The van der Waals surface area contributed by atoms with Crippen LogP contribution in [-0.2, 0) is 11.3 Å². The molecule has 0 aromatic heterocycles. The summed E-state index contributed by atoms with van der Waals surface area (Å²) in [7, 11) is 0. The third-order valence-electron chi connectivity index (χ3n) is 3.09. The van der Waals surface area contributed by atoms with Gasteiger partial charge in [-0.05, 0) is 23.3 Å². The molecule has 0 atom stereocenters. The van der Waals surface area contributed by atoms with Crippen molar-refractivity contribution < 1.29 is 18.3 Å². The number of nitrogens with zero attached hydrogens (tertiary/aromatic N) is 1. The van der Waals surface area contributed by atoms with Gasteiger partial charge in [0, 0.05) is 6.54 Å². The first-order valence-corrected chi connectivity index (χ1v) is 7.10. The van der Waals surface area contributed by atoms with Crippen LogP contribution in [0.25, 0.3) is 6.08 Å². The number of carbonyl (C=O) groups is 1. The van der Waals surface area contributed by atoms with Gasteiger partial charge in [0.1, 0.15) is 6.61 Å². The van der Waals surface area contributed by atoms with Crippen LogP contribution in [0.2, 0.25) is 0 Å². The predicted molar refractivity (Wildman–Crippen MR) is 84.7 cm³/mol. The van der Waals surface area contributed by atoms with E-state index in [1.165, 1.54) is 12.2 Å². The molecule has 1 N–H and O–H groups in total. The Morgan fingerprint density at radius 2 is 1.92 bits per heavy atom. The lowest BCUT2D eigenvalue weighted by molar-refractivity contribution is 0.141. The van der Waals surface area contributed by atoms with Gasteiger partial charge in [-0.15, -0.1) is 0 Å². The quantitative estimate of drug-likeness (QED) is 0.908. The van der Waals surface area contributed by atoms with E-state index in [0.717, 1.165) is 17.7 Å². The van der Waals surface area contributed by atoms with Crippen LogP contribution in [0.3, 0.4) is 0 Å². The number of hydrogen-bond donors (Lipinski definition) is 1. The Hall–Kier alpha value is -3.20. The van der Waals surface area contributed by atoms with Gasteiger partial charge >= 0.3 is 6.09 Å².